The summed E-state index contributed by atoms with van der Waals surface area (Å²) in [6.07, 6.45) is 1.46. The summed E-state index contributed by atoms with van der Waals surface area (Å²) in [4.78, 5) is 48.2. The summed E-state index contributed by atoms with van der Waals surface area (Å²) in [5, 5.41) is 0. The first-order valence-corrected chi connectivity index (χ1v) is 12.9. The first-order valence-electron chi connectivity index (χ1n) is 12.9. The summed E-state index contributed by atoms with van der Waals surface area (Å²) in [6, 6.07) is 6.30. The summed E-state index contributed by atoms with van der Waals surface area (Å²) < 4.78 is 27.2. The molecule has 9 nitrogen and oxygen atoms in total. The van der Waals surface area contributed by atoms with Gasteiger partial charge in [-0.15, -0.1) is 0 Å². The lowest BCUT2D eigenvalue weighted by Crippen LogP contribution is -2.41. The van der Waals surface area contributed by atoms with Crippen LogP contribution in [0.2, 0.25) is 0 Å². The SMILES string of the molecule is C=C1C(=O)O[C@@H]2CC(C)=C([C@@H](C)CCCOC(C)=O)C(OC(=O)COc3ccc(C(=O)OCCC)cc3)[C@H]12. The molecular weight excluding hydrogens is 492 g/mol. The number of hydrogen-bond acceptors (Lipinski definition) is 9. The van der Waals surface area contributed by atoms with Crippen molar-refractivity contribution in [2.24, 2.45) is 11.8 Å². The van der Waals surface area contributed by atoms with Crippen LogP contribution in [0.15, 0.2) is 47.6 Å². The quantitative estimate of drug-likeness (QED) is 0.128. The molecule has 1 heterocycles. The van der Waals surface area contributed by atoms with E-state index in [1.54, 1.807) is 24.3 Å². The third kappa shape index (κ3) is 7.24. The van der Waals surface area contributed by atoms with Gasteiger partial charge in [-0.3, -0.25) is 4.79 Å². The highest BCUT2D eigenvalue weighted by molar-refractivity contribution is 5.91. The zero-order chi connectivity index (χ0) is 27.8. The summed E-state index contributed by atoms with van der Waals surface area (Å²) in [6.45, 7) is 11.5. The third-order valence-electron chi connectivity index (χ3n) is 6.72. The average Bonchev–Trinajstić information content (AvgIpc) is 3.16. The summed E-state index contributed by atoms with van der Waals surface area (Å²) in [7, 11) is 0. The molecule has 0 aromatic heterocycles. The van der Waals surface area contributed by atoms with E-state index in [1.807, 2.05) is 20.8 Å². The van der Waals surface area contributed by atoms with Crippen molar-refractivity contribution in [1.82, 2.24) is 0 Å². The number of carbonyl (C=O) groups is 4. The minimum absolute atomic E-state index is 0.00809. The topological polar surface area (TPSA) is 114 Å². The second kappa shape index (κ2) is 13.3. The van der Waals surface area contributed by atoms with Gasteiger partial charge in [-0.25, -0.2) is 14.4 Å². The van der Waals surface area contributed by atoms with Crippen molar-refractivity contribution in [1.29, 1.82) is 0 Å². The molecule has 0 saturated carbocycles. The van der Waals surface area contributed by atoms with Gasteiger partial charge >= 0.3 is 23.9 Å². The van der Waals surface area contributed by atoms with Crippen LogP contribution in [0.4, 0.5) is 0 Å². The zero-order valence-electron chi connectivity index (χ0n) is 22.4. The van der Waals surface area contributed by atoms with Gasteiger partial charge in [0.05, 0.1) is 24.7 Å². The number of fused-ring (bicyclic) bond motifs is 1. The van der Waals surface area contributed by atoms with Crippen LogP contribution in [0, 0.1) is 11.8 Å². The highest BCUT2D eigenvalue weighted by Gasteiger charge is 2.50. The minimum atomic E-state index is -0.719. The monoisotopic (exact) mass is 528 g/mol. The zero-order valence-corrected chi connectivity index (χ0v) is 22.4. The molecule has 1 fully saturated rings. The second-order valence-electron chi connectivity index (χ2n) is 9.68. The van der Waals surface area contributed by atoms with Crippen molar-refractivity contribution in [2.75, 3.05) is 19.8 Å². The van der Waals surface area contributed by atoms with E-state index in [0.717, 1.165) is 17.6 Å². The Morgan fingerprint density at radius 3 is 2.50 bits per heavy atom. The minimum Gasteiger partial charge on any atom is -0.482 e. The van der Waals surface area contributed by atoms with Crippen LogP contribution >= 0.6 is 0 Å². The van der Waals surface area contributed by atoms with Crippen molar-refractivity contribution < 1.29 is 42.9 Å². The number of esters is 4. The van der Waals surface area contributed by atoms with E-state index in [4.69, 9.17) is 23.7 Å². The van der Waals surface area contributed by atoms with Crippen LogP contribution in [0.3, 0.4) is 0 Å². The molecule has 0 amide bonds. The van der Waals surface area contributed by atoms with E-state index in [0.29, 0.717) is 43.8 Å². The molecule has 38 heavy (non-hydrogen) atoms. The van der Waals surface area contributed by atoms with Crippen LogP contribution < -0.4 is 4.74 Å². The molecule has 1 aromatic carbocycles. The van der Waals surface area contributed by atoms with Crippen LogP contribution in [0.25, 0.3) is 0 Å². The number of benzene rings is 1. The summed E-state index contributed by atoms with van der Waals surface area (Å²) >= 11 is 0. The van der Waals surface area contributed by atoms with Gasteiger partial charge in [-0.05, 0) is 61.9 Å². The van der Waals surface area contributed by atoms with Gasteiger partial charge in [-0.2, -0.15) is 0 Å². The lowest BCUT2D eigenvalue weighted by Gasteiger charge is -2.37. The summed E-state index contributed by atoms with van der Waals surface area (Å²) in [5.41, 5.74) is 2.60. The van der Waals surface area contributed by atoms with E-state index in [9.17, 15) is 19.2 Å². The van der Waals surface area contributed by atoms with E-state index < -0.39 is 36.0 Å². The smallest absolute Gasteiger partial charge is 0.344 e. The van der Waals surface area contributed by atoms with Crippen molar-refractivity contribution in [2.45, 2.75) is 65.6 Å². The van der Waals surface area contributed by atoms with E-state index in [-0.39, 0.29) is 24.1 Å². The molecule has 1 aromatic rings. The van der Waals surface area contributed by atoms with E-state index >= 15 is 0 Å². The van der Waals surface area contributed by atoms with Gasteiger partial charge in [0.25, 0.3) is 0 Å². The summed E-state index contributed by atoms with van der Waals surface area (Å²) in [5.74, 6) is -1.91. The Morgan fingerprint density at radius 2 is 1.84 bits per heavy atom. The number of rotatable bonds is 12. The van der Waals surface area contributed by atoms with Crippen molar-refractivity contribution in [3.8, 4) is 5.75 Å². The number of carbonyl (C=O) groups excluding carboxylic acids is 4. The Bertz CT molecular complexity index is 1090. The maximum atomic E-state index is 12.9. The standard InChI is InChI=1S/C29H36O9/c1-6-13-35-29(33)21-9-11-22(12-10-21)36-16-24(31)38-27-25(17(2)8-7-14-34-20(5)30)18(3)15-23-26(27)19(4)28(32)37-23/h9-12,17,23,26-27H,4,6-8,13-16H2,1-3,5H3/t17-,23+,26+,27?/m0/s1. The molecule has 0 bridgehead atoms. The second-order valence-corrected chi connectivity index (χ2v) is 9.68. The van der Waals surface area contributed by atoms with Crippen molar-refractivity contribution in [3.63, 3.8) is 0 Å². The number of hydrogen-bond donors (Lipinski definition) is 0. The fourth-order valence-corrected chi connectivity index (χ4v) is 4.93. The lowest BCUT2D eigenvalue weighted by molar-refractivity contribution is -0.153. The van der Waals surface area contributed by atoms with Crippen LogP contribution in [0.5, 0.6) is 5.75 Å². The first kappa shape index (κ1) is 28.9. The molecule has 1 unspecified atom stereocenters. The maximum Gasteiger partial charge on any atom is 0.344 e. The van der Waals surface area contributed by atoms with E-state index in [2.05, 4.69) is 6.58 Å². The van der Waals surface area contributed by atoms with Gasteiger partial charge in [-0.1, -0.05) is 26.0 Å². The molecule has 1 aliphatic carbocycles. The molecule has 3 rings (SSSR count). The molecular formula is C29H36O9. The molecule has 0 radical (unpaired) electrons. The van der Waals surface area contributed by atoms with Gasteiger partial charge in [0.2, 0.25) is 0 Å². The Hall–Kier alpha value is -3.62. The molecule has 1 aliphatic heterocycles. The maximum absolute atomic E-state index is 12.9. The largest absolute Gasteiger partial charge is 0.482 e. The fraction of sp³-hybridized carbons (Fsp3) is 0.517. The Morgan fingerprint density at radius 1 is 1.13 bits per heavy atom. The number of ether oxygens (including phenoxy) is 5. The predicted molar refractivity (Wildman–Crippen MR) is 137 cm³/mol. The molecule has 0 N–H and O–H groups in total. The highest BCUT2D eigenvalue weighted by atomic mass is 16.6. The lowest BCUT2D eigenvalue weighted by atomic mass is 9.73. The van der Waals surface area contributed by atoms with Gasteiger partial charge in [0.1, 0.15) is 18.0 Å². The van der Waals surface area contributed by atoms with Gasteiger partial charge in [0, 0.05) is 18.9 Å². The molecule has 206 valence electrons. The Balaban J connectivity index is 1.67. The molecule has 2 aliphatic rings. The van der Waals surface area contributed by atoms with Gasteiger partial charge in [0.15, 0.2) is 6.61 Å². The molecule has 4 atom stereocenters. The molecule has 0 spiro atoms. The third-order valence-corrected chi connectivity index (χ3v) is 6.72. The molecule has 9 heteroatoms. The van der Waals surface area contributed by atoms with Crippen molar-refractivity contribution >= 4 is 23.9 Å². The van der Waals surface area contributed by atoms with Crippen LogP contribution in [-0.2, 0) is 33.3 Å². The first-order chi connectivity index (χ1) is 18.1. The van der Waals surface area contributed by atoms with E-state index in [1.165, 1.54) is 6.92 Å². The Kier molecular flexibility index (Phi) is 10.1. The van der Waals surface area contributed by atoms with Gasteiger partial charge < -0.3 is 23.7 Å². The highest BCUT2D eigenvalue weighted by Crippen LogP contribution is 2.45. The predicted octanol–water partition coefficient (Wildman–Crippen LogP) is 4.34. The molecule has 1 saturated heterocycles. The van der Waals surface area contributed by atoms with Crippen LogP contribution in [-0.4, -0.2) is 55.9 Å². The average molecular weight is 529 g/mol. The van der Waals surface area contributed by atoms with Crippen molar-refractivity contribution in [3.05, 3.63) is 53.1 Å². The Labute approximate surface area is 223 Å². The fourth-order valence-electron chi connectivity index (χ4n) is 4.93. The van der Waals surface area contributed by atoms with Crippen LogP contribution in [0.1, 0.15) is 63.7 Å². The normalized spacial score (nSPS) is 21.3.